The van der Waals surface area contributed by atoms with Crippen molar-refractivity contribution in [2.75, 3.05) is 13.2 Å². The molecule has 0 aromatic carbocycles. The van der Waals surface area contributed by atoms with Crippen LogP contribution in [0.3, 0.4) is 0 Å². The molecule has 1 N–H and O–H groups in total. The van der Waals surface area contributed by atoms with E-state index in [9.17, 15) is 0 Å². The quantitative estimate of drug-likeness (QED) is 0.701. The van der Waals surface area contributed by atoms with Gasteiger partial charge in [0.05, 0.1) is 18.3 Å². The first-order chi connectivity index (χ1) is 6.45. The van der Waals surface area contributed by atoms with E-state index in [1.165, 1.54) is 6.42 Å². The maximum absolute atomic E-state index is 5.45. The molecule has 13 heavy (non-hydrogen) atoms. The maximum atomic E-state index is 5.45. The number of aromatic nitrogens is 1. The van der Waals surface area contributed by atoms with Crippen LogP contribution in [0.2, 0.25) is 0 Å². The Bertz CT molecular complexity index is 260. The molecule has 3 heteroatoms. The Kier molecular flexibility index (Phi) is 2.77. The second-order valence-electron chi connectivity index (χ2n) is 3.25. The van der Waals surface area contributed by atoms with E-state index in [0.29, 0.717) is 6.10 Å². The van der Waals surface area contributed by atoms with E-state index in [-0.39, 0.29) is 0 Å². The Morgan fingerprint density at radius 2 is 2.69 bits per heavy atom. The Labute approximate surface area is 77.8 Å². The van der Waals surface area contributed by atoms with Gasteiger partial charge in [-0.2, -0.15) is 0 Å². The van der Waals surface area contributed by atoms with E-state index in [1.54, 1.807) is 0 Å². The van der Waals surface area contributed by atoms with Crippen LogP contribution in [-0.4, -0.2) is 30.5 Å². The van der Waals surface area contributed by atoms with Crippen LogP contribution in [0.25, 0.3) is 0 Å². The molecule has 1 fully saturated rings. The normalized spacial score (nSPS) is 22.9. The standard InChI is InChI=1S/C10H14N2O/c1-3-9(12-5-1)7-11-8-10-4-2-6-13-10/h1,3,5,7,10,12H,2,4,6,8H2/t10-/m1/s1. The Morgan fingerprint density at radius 1 is 1.69 bits per heavy atom. The fourth-order valence-corrected chi connectivity index (χ4v) is 1.48. The number of nitrogens with zero attached hydrogens (tertiary/aromatic N) is 1. The molecule has 0 aliphatic carbocycles. The van der Waals surface area contributed by atoms with E-state index in [4.69, 9.17) is 4.74 Å². The predicted octanol–water partition coefficient (Wildman–Crippen LogP) is 1.61. The molecule has 1 atom stereocenters. The van der Waals surface area contributed by atoms with Crippen molar-refractivity contribution >= 4 is 6.21 Å². The largest absolute Gasteiger partial charge is 0.376 e. The molecule has 1 aliphatic heterocycles. The molecule has 0 amide bonds. The highest BCUT2D eigenvalue weighted by Gasteiger charge is 2.13. The lowest BCUT2D eigenvalue weighted by Gasteiger charge is -2.03. The molecule has 0 unspecified atom stereocenters. The number of H-pyrrole nitrogens is 1. The molecule has 70 valence electrons. The summed E-state index contributed by atoms with van der Waals surface area (Å²) >= 11 is 0. The lowest BCUT2D eigenvalue weighted by atomic mass is 10.2. The van der Waals surface area contributed by atoms with Crippen LogP contribution < -0.4 is 0 Å². The summed E-state index contributed by atoms with van der Waals surface area (Å²) in [6.45, 7) is 1.70. The molecule has 1 aromatic heterocycles. The van der Waals surface area contributed by atoms with Gasteiger partial charge in [0.15, 0.2) is 0 Å². The van der Waals surface area contributed by atoms with Crippen molar-refractivity contribution in [3.05, 3.63) is 24.0 Å². The van der Waals surface area contributed by atoms with Gasteiger partial charge >= 0.3 is 0 Å². The average molecular weight is 178 g/mol. The molecule has 0 bridgehead atoms. The number of rotatable bonds is 3. The summed E-state index contributed by atoms with van der Waals surface area (Å²) in [5, 5.41) is 0. The van der Waals surface area contributed by atoms with Gasteiger partial charge in [0.1, 0.15) is 0 Å². The van der Waals surface area contributed by atoms with E-state index < -0.39 is 0 Å². The first kappa shape index (κ1) is 8.51. The van der Waals surface area contributed by atoms with Gasteiger partial charge < -0.3 is 9.72 Å². The Balaban J connectivity index is 1.78. The molecule has 0 radical (unpaired) electrons. The van der Waals surface area contributed by atoms with Crippen LogP contribution in [0.1, 0.15) is 18.5 Å². The summed E-state index contributed by atoms with van der Waals surface area (Å²) in [6.07, 6.45) is 6.45. The summed E-state index contributed by atoms with van der Waals surface area (Å²) in [5.41, 5.74) is 1.05. The van der Waals surface area contributed by atoms with Gasteiger partial charge in [-0.25, -0.2) is 0 Å². The van der Waals surface area contributed by atoms with Crippen LogP contribution in [0, 0.1) is 0 Å². The lowest BCUT2D eigenvalue weighted by Crippen LogP contribution is -2.08. The van der Waals surface area contributed by atoms with Gasteiger partial charge in [-0.3, -0.25) is 4.99 Å². The monoisotopic (exact) mass is 178 g/mol. The van der Waals surface area contributed by atoms with Crippen LogP contribution in [0.15, 0.2) is 23.3 Å². The van der Waals surface area contributed by atoms with Crippen LogP contribution in [0.4, 0.5) is 0 Å². The van der Waals surface area contributed by atoms with Gasteiger partial charge in [-0.15, -0.1) is 0 Å². The SMILES string of the molecule is C(=NC[C@H]1CCCO1)c1ccc[nH]1. The third-order valence-electron chi connectivity index (χ3n) is 2.19. The van der Waals surface area contributed by atoms with Crippen LogP contribution in [0.5, 0.6) is 0 Å². The number of nitrogens with one attached hydrogen (secondary N) is 1. The van der Waals surface area contributed by atoms with Gasteiger partial charge in [-0.1, -0.05) is 0 Å². The van der Waals surface area contributed by atoms with E-state index in [1.807, 2.05) is 24.5 Å². The van der Waals surface area contributed by atoms with Gasteiger partial charge in [-0.05, 0) is 25.0 Å². The molecule has 0 spiro atoms. The molecule has 2 rings (SSSR count). The summed E-state index contributed by atoms with van der Waals surface area (Å²) in [6, 6.07) is 3.96. The second-order valence-corrected chi connectivity index (χ2v) is 3.25. The van der Waals surface area contributed by atoms with Gasteiger partial charge in [0, 0.05) is 19.0 Å². The number of ether oxygens (including phenoxy) is 1. The molecule has 2 heterocycles. The third-order valence-corrected chi connectivity index (χ3v) is 2.19. The number of aromatic amines is 1. The van der Waals surface area contributed by atoms with Gasteiger partial charge in [0.2, 0.25) is 0 Å². The molecule has 1 aromatic rings. The van der Waals surface area contributed by atoms with Crippen LogP contribution >= 0.6 is 0 Å². The minimum Gasteiger partial charge on any atom is -0.376 e. The highest BCUT2D eigenvalue weighted by molar-refractivity contribution is 5.76. The van der Waals surface area contributed by atoms with E-state index in [0.717, 1.165) is 25.3 Å². The van der Waals surface area contributed by atoms with Crippen molar-refractivity contribution < 1.29 is 4.74 Å². The Hall–Kier alpha value is -1.09. The van der Waals surface area contributed by atoms with Crippen LogP contribution in [-0.2, 0) is 4.74 Å². The highest BCUT2D eigenvalue weighted by atomic mass is 16.5. The lowest BCUT2D eigenvalue weighted by molar-refractivity contribution is 0.118. The summed E-state index contributed by atoms with van der Waals surface area (Å²) in [7, 11) is 0. The first-order valence-corrected chi connectivity index (χ1v) is 4.70. The van der Waals surface area contributed by atoms with Crippen molar-refractivity contribution in [1.82, 2.24) is 4.98 Å². The zero-order chi connectivity index (χ0) is 8.93. The van der Waals surface area contributed by atoms with Crippen molar-refractivity contribution in [3.63, 3.8) is 0 Å². The fraction of sp³-hybridized carbons (Fsp3) is 0.500. The van der Waals surface area contributed by atoms with Crippen molar-refractivity contribution in [3.8, 4) is 0 Å². The zero-order valence-corrected chi connectivity index (χ0v) is 7.57. The fourth-order valence-electron chi connectivity index (χ4n) is 1.48. The second kappa shape index (κ2) is 4.23. The number of hydrogen-bond acceptors (Lipinski definition) is 2. The zero-order valence-electron chi connectivity index (χ0n) is 7.57. The smallest absolute Gasteiger partial charge is 0.0771 e. The molecule has 3 nitrogen and oxygen atoms in total. The van der Waals surface area contributed by atoms with E-state index in [2.05, 4.69) is 9.98 Å². The van der Waals surface area contributed by atoms with Crippen molar-refractivity contribution in [2.45, 2.75) is 18.9 Å². The molecule has 1 saturated heterocycles. The number of hydrogen-bond donors (Lipinski definition) is 1. The Morgan fingerprint density at radius 3 is 3.38 bits per heavy atom. The predicted molar refractivity (Wildman–Crippen MR) is 52.2 cm³/mol. The third kappa shape index (κ3) is 2.42. The molecular weight excluding hydrogens is 164 g/mol. The first-order valence-electron chi connectivity index (χ1n) is 4.70. The topological polar surface area (TPSA) is 37.4 Å². The summed E-state index contributed by atoms with van der Waals surface area (Å²) in [4.78, 5) is 7.39. The minimum atomic E-state index is 0.353. The molecule has 1 aliphatic rings. The van der Waals surface area contributed by atoms with Crippen molar-refractivity contribution in [1.29, 1.82) is 0 Å². The maximum Gasteiger partial charge on any atom is 0.0771 e. The minimum absolute atomic E-state index is 0.353. The highest BCUT2D eigenvalue weighted by Crippen LogP contribution is 2.11. The average Bonchev–Trinajstić information content (AvgIpc) is 2.75. The summed E-state index contributed by atoms with van der Waals surface area (Å²) in [5.74, 6) is 0. The molecular formula is C10H14N2O. The van der Waals surface area contributed by atoms with Crippen molar-refractivity contribution in [2.24, 2.45) is 4.99 Å². The summed E-state index contributed by atoms with van der Waals surface area (Å²) < 4.78 is 5.45. The molecule has 0 saturated carbocycles. The number of aliphatic imine (C=N–C) groups is 1. The van der Waals surface area contributed by atoms with Gasteiger partial charge in [0.25, 0.3) is 0 Å². The van der Waals surface area contributed by atoms with E-state index >= 15 is 0 Å².